The quantitative estimate of drug-likeness (QED) is 0.295. The van der Waals surface area contributed by atoms with Crippen molar-refractivity contribution < 1.29 is 19.7 Å². The zero-order valence-corrected chi connectivity index (χ0v) is 9.04. The van der Waals surface area contributed by atoms with Gasteiger partial charge in [0.2, 0.25) is 5.91 Å². The van der Waals surface area contributed by atoms with E-state index in [1.165, 1.54) is 20.1 Å². The van der Waals surface area contributed by atoms with Crippen LogP contribution in [-0.2, 0) is 9.53 Å². The zero-order valence-electron chi connectivity index (χ0n) is 9.04. The molecule has 8 nitrogen and oxygen atoms in total. The molecule has 0 bridgehead atoms. The van der Waals surface area contributed by atoms with Gasteiger partial charge >= 0.3 is 0 Å². The van der Waals surface area contributed by atoms with Crippen LogP contribution in [0.3, 0.4) is 0 Å². The number of carbonyl (C=O) groups excluding carboxylic acids is 1. The van der Waals surface area contributed by atoms with Crippen LogP contribution in [0.5, 0.6) is 0 Å². The molecule has 92 valence electrons. The van der Waals surface area contributed by atoms with Crippen molar-refractivity contribution in [2.45, 2.75) is 19.0 Å². The van der Waals surface area contributed by atoms with E-state index >= 15 is 0 Å². The van der Waals surface area contributed by atoms with Crippen molar-refractivity contribution in [1.82, 2.24) is 5.48 Å². The first-order valence-electron chi connectivity index (χ1n) is 4.43. The van der Waals surface area contributed by atoms with Crippen LogP contribution in [0.25, 0.3) is 0 Å². The van der Waals surface area contributed by atoms with Gasteiger partial charge in [-0.3, -0.25) is 14.9 Å². The molecule has 2 unspecified atom stereocenters. The second kappa shape index (κ2) is 6.88. The number of methoxy groups -OCH3 is 1. The van der Waals surface area contributed by atoms with E-state index in [4.69, 9.17) is 10.9 Å². The van der Waals surface area contributed by atoms with E-state index in [2.05, 4.69) is 4.74 Å². The van der Waals surface area contributed by atoms with Crippen molar-refractivity contribution >= 4 is 5.91 Å². The monoisotopic (exact) mass is 233 g/mol. The molecule has 0 aromatic carbocycles. The topological polar surface area (TPSA) is 128 Å². The van der Waals surface area contributed by atoms with Gasteiger partial charge < -0.3 is 15.7 Å². The molecule has 0 aliphatic carbocycles. The molecule has 0 radical (unpaired) electrons. The first-order chi connectivity index (χ1) is 7.43. The maximum Gasteiger partial charge on any atom is 0.256 e. The average Bonchev–Trinajstić information content (AvgIpc) is 2.21. The van der Waals surface area contributed by atoms with Crippen molar-refractivity contribution in [2.24, 2.45) is 5.73 Å². The van der Waals surface area contributed by atoms with Crippen LogP contribution in [0.2, 0.25) is 0 Å². The molecule has 0 aliphatic heterocycles. The molecule has 8 heteroatoms. The molecule has 0 saturated heterocycles. The van der Waals surface area contributed by atoms with Gasteiger partial charge in [-0.15, -0.1) is 0 Å². The number of amides is 1. The highest BCUT2D eigenvalue weighted by atomic mass is 16.6. The summed E-state index contributed by atoms with van der Waals surface area (Å²) in [6.07, 6.45) is 1.19. The molecule has 0 fully saturated rings. The number of hydrogen-bond acceptors (Lipinski definition) is 6. The molecule has 16 heavy (non-hydrogen) atoms. The predicted octanol–water partition coefficient (Wildman–Crippen LogP) is -0.943. The number of nitrogens with one attached hydrogen (secondary N) is 1. The maximum absolute atomic E-state index is 10.8. The van der Waals surface area contributed by atoms with Gasteiger partial charge in [-0.2, -0.15) is 5.48 Å². The molecule has 0 heterocycles. The van der Waals surface area contributed by atoms with E-state index in [1.54, 1.807) is 5.48 Å². The van der Waals surface area contributed by atoms with E-state index in [0.717, 1.165) is 0 Å². The first-order valence-corrected chi connectivity index (χ1v) is 4.43. The highest BCUT2D eigenvalue weighted by molar-refractivity contribution is 5.81. The van der Waals surface area contributed by atoms with Gasteiger partial charge in [-0.1, -0.05) is 6.08 Å². The third-order valence-electron chi connectivity index (χ3n) is 1.98. The Morgan fingerprint density at radius 3 is 2.62 bits per heavy atom. The molecule has 4 N–H and O–H groups in total. The summed E-state index contributed by atoms with van der Waals surface area (Å²) in [4.78, 5) is 20.9. The number of hydrogen-bond donors (Lipinski definition) is 3. The summed E-state index contributed by atoms with van der Waals surface area (Å²) in [6, 6.07) is -2.22. The minimum Gasteiger partial charge on any atom is -0.377 e. The number of carbonyl (C=O) groups is 1. The number of nitro groups is 1. The van der Waals surface area contributed by atoms with Gasteiger partial charge in [-0.05, 0) is 6.92 Å². The Morgan fingerprint density at radius 1 is 1.75 bits per heavy atom. The largest absolute Gasteiger partial charge is 0.377 e. The number of hydroxylamine groups is 1. The van der Waals surface area contributed by atoms with Gasteiger partial charge in [0, 0.05) is 17.6 Å². The van der Waals surface area contributed by atoms with E-state index in [1.807, 2.05) is 0 Å². The molecule has 0 saturated carbocycles. The van der Waals surface area contributed by atoms with Crippen LogP contribution in [-0.4, -0.2) is 41.8 Å². The lowest BCUT2D eigenvalue weighted by atomic mass is 10.1. The van der Waals surface area contributed by atoms with Crippen molar-refractivity contribution in [3.05, 3.63) is 21.8 Å². The number of ether oxygens (including phenoxy) is 1. The Labute approximate surface area is 92.2 Å². The third kappa shape index (κ3) is 4.34. The number of primary amides is 1. The molecular formula is C8H15N3O5. The summed E-state index contributed by atoms with van der Waals surface area (Å²) in [5.41, 5.74) is 6.87. The van der Waals surface area contributed by atoms with Crippen LogP contribution >= 0.6 is 0 Å². The highest BCUT2D eigenvalue weighted by Gasteiger charge is 2.24. The summed E-state index contributed by atoms with van der Waals surface area (Å²) in [7, 11) is 1.33. The lowest BCUT2D eigenvalue weighted by Gasteiger charge is -2.11. The Bertz CT molecular complexity index is 291. The highest BCUT2D eigenvalue weighted by Crippen LogP contribution is 2.07. The van der Waals surface area contributed by atoms with Crippen molar-refractivity contribution in [1.29, 1.82) is 0 Å². The molecule has 2 atom stereocenters. The minimum absolute atomic E-state index is 0.119. The lowest BCUT2D eigenvalue weighted by Crippen LogP contribution is -2.39. The molecule has 0 aromatic rings. The van der Waals surface area contributed by atoms with Crippen molar-refractivity contribution in [2.75, 3.05) is 13.7 Å². The number of rotatable bonds is 7. The van der Waals surface area contributed by atoms with Crippen LogP contribution in [0, 0.1) is 10.1 Å². The Hall–Kier alpha value is -1.51. The van der Waals surface area contributed by atoms with Gasteiger partial charge in [0.05, 0.1) is 0 Å². The van der Waals surface area contributed by atoms with Gasteiger partial charge in [0.25, 0.3) is 6.04 Å². The van der Waals surface area contributed by atoms with Gasteiger partial charge in [0.1, 0.15) is 12.6 Å². The summed E-state index contributed by atoms with van der Waals surface area (Å²) >= 11 is 0. The summed E-state index contributed by atoms with van der Waals surface area (Å²) < 4.78 is 4.68. The Kier molecular flexibility index (Phi) is 6.23. The molecule has 0 aromatic heterocycles. The first kappa shape index (κ1) is 14.5. The Balaban J connectivity index is 4.82. The predicted molar refractivity (Wildman–Crippen MR) is 54.3 cm³/mol. The summed E-state index contributed by atoms with van der Waals surface area (Å²) in [5, 5.41) is 19.3. The molecule has 1 amide bonds. The van der Waals surface area contributed by atoms with Crippen LogP contribution < -0.4 is 11.2 Å². The fourth-order valence-electron chi connectivity index (χ4n) is 1.07. The van der Waals surface area contributed by atoms with E-state index < -0.39 is 22.9 Å². The summed E-state index contributed by atoms with van der Waals surface area (Å²) in [6.45, 7) is 1.34. The van der Waals surface area contributed by atoms with Crippen LogP contribution in [0.1, 0.15) is 6.92 Å². The molecular weight excluding hydrogens is 218 g/mol. The van der Waals surface area contributed by atoms with Crippen LogP contribution in [0.15, 0.2) is 11.6 Å². The number of nitrogens with two attached hydrogens (primary N) is 1. The Morgan fingerprint density at radius 2 is 2.31 bits per heavy atom. The average molecular weight is 233 g/mol. The van der Waals surface area contributed by atoms with Crippen molar-refractivity contribution in [3.8, 4) is 0 Å². The van der Waals surface area contributed by atoms with E-state index in [9.17, 15) is 14.9 Å². The number of nitrogens with zero attached hydrogens (tertiary/aromatic N) is 1. The smallest absolute Gasteiger partial charge is 0.256 e. The summed E-state index contributed by atoms with van der Waals surface area (Å²) in [5.74, 6) is -0.832. The van der Waals surface area contributed by atoms with E-state index in [0.29, 0.717) is 0 Å². The SMILES string of the molecule is COCC(/C(C)=C/C(NO)C(N)=O)[N+](=O)[O-]. The second-order valence-electron chi connectivity index (χ2n) is 3.18. The zero-order chi connectivity index (χ0) is 12.7. The van der Waals surface area contributed by atoms with Gasteiger partial charge in [0.15, 0.2) is 0 Å². The fourth-order valence-corrected chi connectivity index (χ4v) is 1.07. The van der Waals surface area contributed by atoms with Crippen LogP contribution in [0.4, 0.5) is 0 Å². The normalized spacial score (nSPS) is 15.6. The second-order valence-corrected chi connectivity index (χ2v) is 3.18. The standard InChI is InChI=1S/C8H15N3O5/c1-5(3-6(10-13)8(9)12)7(4-16-2)11(14)15/h3,6-7,10,13H,4H2,1-2H3,(H2,9,12)/b5-3+. The van der Waals surface area contributed by atoms with Gasteiger partial charge in [-0.25, -0.2) is 0 Å². The molecule has 0 aliphatic rings. The fraction of sp³-hybridized carbons (Fsp3) is 0.625. The molecule has 0 rings (SSSR count). The van der Waals surface area contributed by atoms with Crippen molar-refractivity contribution in [3.63, 3.8) is 0 Å². The third-order valence-corrected chi connectivity index (χ3v) is 1.98. The minimum atomic E-state index is -1.15. The lowest BCUT2D eigenvalue weighted by molar-refractivity contribution is -0.515. The maximum atomic E-state index is 10.8. The molecule has 0 spiro atoms. The van der Waals surface area contributed by atoms with E-state index in [-0.39, 0.29) is 12.2 Å².